The van der Waals surface area contributed by atoms with Crippen LogP contribution in [0.5, 0.6) is 0 Å². The van der Waals surface area contributed by atoms with E-state index in [0.717, 1.165) is 45.6 Å². The fourth-order valence-electron chi connectivity index (χ4n) is 1.84. The molecule has 2 aliphatic rings. The SMILES string of the molecule is C[C@@H]1COCCN1CCC1(O)CC1. The van der Waals surface area contributed by atoms with Gasteiger partial charge in [0.15, 0.2) is 0 Å². The average molecular weight is 185 g/mol. The Balaban J connectivity index is 1.73. The molecule has 1 saturated heterocycles. The zero-order valence-electron chi connectivity index (χ0n) is 8.33. The Kier molecular flexibility index (Phi) is 2.58. The van der Waals surface area contributed by atoms with Gasteiger partial charge in [-0.2, -0.15) is 0 Å². The molecule has 3 nitrogen and oxygen atoms in total. The second-order valence-electron chi connectivity index (χ2n) is 4.43. The molecular formula is C10H19NO2. The molecule has 2 rings (SSSR count). The van der Waals surface area contributed by atoms with Gasteiger partial charge in [-0.1, -0.05) is 0 Å². The van der Waals surface area contributed by atoms with Crippen molar-refractivity contribution in [2.24, 2.45) is 0 Å². The van der Waals surface area contributed by atoms with Crippen LogP contribution in [-0.2, 0) is 4.74 Å². The summed E-state index contributed by atoms with van der Waals surface area (Å²) in [4.78, 5) is 2.42. The summed E-state index contributed by atoms with van der Waals surface area (Å²) in [6, 6.07) is 0.524. The molecule has 13 heavy (non-hydrogen) atoms. The Hall–Kier alpha value is -0.120. The van der Waals surface area contributed by atoms with Gasteiger partial charge in [-0.3, -0.25) is 4.90 Å². The molecule has 1 atom stereocenters. The molecule has 0 unspecified atom stereocenters. The molecule has 1 aliphatic carbocycles. The Morgan fingerprint density at radius 3 is 2.92 bits per heavy atom. The largest absolute Gasteiger partial charge is 0.390 e. The normalized spacial score (nSPS) is 33.2. The Labute approximate surface area is 79.7 Å². The van der Waals surface area contributed by atoms with Gasteiger partial charge < -0.3 is 9.84 Å². The Morgan fingerprint density at radius 2 is 2.31 bits per heavy atom. The van der Waals surface area contributed by atoms with Gasteiger partial charge in [0, 0.05) is 19.1 Å². The smallest absolute Gasteiger partial charge is 0.0662 e. The Morgan fingerprint density at radius 1 is 1.54 bits per heavy atom. The highest BCUT2D eigenvalue weighted by molar-refractivity contribution is 4.94. The lowest BCUT2D eigenvalue weighted by molar-refractivity contribution is -0.00804. The first-order valence-electron chi connectivity index (χ1n) is 5.24. The molecule has 3 heteroatoms. The van der Waals surface area contributed by atoms with Crippen LogP contribution in [0.3, 0.4) is 0 Å². The fraction of sp³-hybridized carbons (Fsp3) is 1.00. The van der Waals surface area contributed by atoms with E-state index in [1.165, 1.54) is 0 Å². The highest BCUT2D eigenvalue weighted by Crippen LogP contribution is 2.38. The highest BCUT2D eigenvalue weighted by Gasteiger charge is 2.40. The summed E-state index contributed by atoms with van der Waals surface area (Å²) in [6.07, 6.45) is 2.95. The van der Waals surface area contributed by atoms with Crippen LogP contribution < -0.4 is 0 Å². The molecule has 0 aromatic rings. The molecule has 1 saturated carbocycles. The molecule has 0 spiro atoms. The number of nitrogens with zero attached hydrogens (tertiary/aromatic N) is 1. The van der Waals surface area contributed by atoms with Crippen LogP contribution >= 0.6 is 0 Å². The van der Waals surface area contributed by atoms with E-state index in [2.05, 4.69) is 11.8 Å². The summed E-state index contributed by atoms with van der Waals surface area (Å²) in [7, 11) is 0. The van der Waals surface area contributed by atoms with Crippen molar-refractivity contribution in [3.05, 3.63) is 0 Å². The number of morpholine rings is 1. The number of hydrogen-bond acceptors (Lipinski definition) is 3. The van der Waals surface area contributed by atoms with E-state index >= 15 is 0 Å². The predicted octanol–water partition coefficient (Wildman–Crippen LogP) is 0.622. The third kappa shape index (κ3) is 2.42. The van der Waals surface area contributed by atoms with Crippen LogP contribution in [0.1, 0.15) is 26.2 Å². The first-order valence-corrected chi connectivity index (χ1v) is 5.24. The lowest BCUT2D eigenvalue weighted by Crippen LogP contribution is -2.44. The lowest BCUT2D eigenvalue weighted by Gasteiger charge is -2.33. The summed E-state index contributed by atoms with van der Waals surface area (Å²) >= 11 is 0. The zero-order valence-corrected chi connectivity index (χ0v) is 8.33. The predicted molar refractivity (Wildman–Crippen MR) is 50.7 cm³/mol. The molecule has 2 fully saturated rings. The molecule has 0 radical (unpaired) electrons. The van der Waals surface area contributed by atoms with E-state index in [1.807, 2.05) is 0 Å². The van der Waals surface area contributed by atoms with Gasteiger partial charge >= 0.3 is 0 Å². The second kappa shape index (κ2) is 3.56. The molecule has 1 aliphatic heterocycles. The number of hydrogen-bond donors (Lipinski definition) is 1. The maximum atomic E-state index is 9.69. The number of ether oxygens (including phenoxy) is 1. The minimum absolute atomic E-state index is 0.294. The molecular weight excluding hydrogens is 166 g/mol. The number of aliphatic hydroxyl groups is 1. The van der Waals surface area contributed by atoms with Crippen molar-refractivity contribution >= 4 is 0 Å². The minimum atomic E-state index is -0.294. The van der Waals surface area contributed by atoms with E-state index in [1.54, 1.807) is 0 Å². The van der Waals surface area contributed by atoms with Crippen LogP contribution in [0, 0.1) is 0 Å². The average Bonchev–Trinajstić information content (AvgIpc) is 2.83. The third-order valence-electron chi connectivity index (χ3n) is 3.20. The van der Waals surface area contributed by atoms with Gasteiger partial charge in [-0.15, -0.1) is 0 Å². The molecule has 0 bridgehead atoms. The van der Waals surface area contributed by atoms with E-state index in [4.69, 9.17) is 4.74 Å². The van der Waals surface area contributed by atoms with Crippen molar-refractivity contribution in [1.29, 1.82) is 0 Å². The lowest BCUT2D eigenvalue weighted by atomic mass is 10.2. The Bertz CT molecular complexity index is 180. The van der Waals surface area contributed by atoms with Crippen LogP contribution in [0.25, 0.3) is 0 Å². The first kappa shape index (κ1) is 9.44. The summed E-state index contributed by atoms with van der Waals surface area (Å²) < 4.78 is 5.36. The van der Waals surface area contributed by atoms with Gasteiger partial charge in [-0.05, 0) is 26.2 Å². The van der Waals surface area contributed by atoms with Crippen molar-refractivity contribution in [3.8, 4) is 0 Å². The summed E-state index contributed by atoms with van der Waals surface area (Å²) in [5, 5.41) is 9.69. The molecule has 0 aromatic heterocycles. The van der Waals surface area contributed by atoms with Crippen molar-refractivity contribution in [3.63, 3.8) is 0 Å². The van der Waals surface area contributed by atoms with Gasteiger partial charge in [0.1, 0.15) is 0 Å². The molecule has 1 heterocycles. The first-order chi connectivity index (χ1) is 6.20. The van der Waals surface area contributed by atoms with Crippen LogP contribution in [0.2, 0.25) is 0 Å². The van der Waals surface area contributed by atoms with E-state index in [9.17, 15) is 5.11 Å². The van der Waals surface area contributed by atoms with Crippen LogP contribution in [0.4, 0.5) is 0 Å². The fourth-order valence-corrected chi connectivity index (χ4v) is 1.84. The quantitative estimate of drug-likeness (QED) is 0.699. The second-order valence-corrected chi connectivity index (χ2v) is 4.43. The zero-order chi connectivity index (χ0) is 9.31. The van der Waals surface area contributed by atoms with Crippen LogP contribution in [0.15, 0.2) is 0 Å². The molecule has 0 aromatic carbocycles. The van der Waals surface area contributed by atoms with E-state index < -0.39 is 0 Å². The number of rotatable bonds is 3. The molecule has 0 amide bonds. The van der Waals surface area contributed by atoms with Crippen LogP contribution in [-0.4, -0.2) is 48.0 Å². The maximum absolute atomic E-state index is 9.69. The van der Waals surface area contributed by atoms with E-state index in [0.29, 0.717) is 6.04 Å². The topological polar surface area (TPSA) is 32.7 Å². The van der Waals surface area contributed by atoms with Crippen molar-refractivity contribution < 1.29 is 9.84 Å². The highest BCUT2D eigenvalue weighted by atomic mass is 16.5. The van der Waals surface area contributed by atoms with Gasteiger partial charge in [0.05, 0.1) is 18.8 Å². The molecule has 76 valence electrons. The maximum Gasteiger partial charge on any atom is 0.0662 e. The monoisotopic (exact) mass is 185 g/mol. The van der Waals surface area contributed by atoms with Gasteiger partial charge in [0.25, 0.3) is 0 Å². The standard InChI is InChI=1S/C10H19NO2/c1-9-8-13-7-6-11(9)5-4-10(12)2-3-10/h9,12H,2-8H2,1H3/t9-/m1/s1. The summed E-state index contributed by atoms with van der Waals surface area (Å²) in [5.41, 5.74) is -0.294. The van der Waals surface area contributed by atoms with Crippen molar-refractivity contribution in [2.75, 3.05) is 26.3 Å². The van der Waals surface area contributed by atoms with Gasteiger partial charge in [0.2, 0.25) is 0 Å². The van der Waals surface area contributed by atoms with Crippen molar-refractivity contribution in [2.45, 2.75) is 37.8 Å². The van der Waals surface area contributed by atoms with Gasteiger partial charge in [-0.25, -0.2) is 0 Å². The molecule has 1 N–H and O–H groups in total. The van der Waals surface area contributed by atoms with Crippen molar-refractivity contribution in [1.82, 2.24) is 4.90 Å². The summed E-state index contributed by atoms with van der Waals surface area (Å²) in [5.74, 6) is 0. The van der Waals surface area contributed by atoms with E-state index in [-0.39, 0.29) is 5.60 Å². The third-order valence-corrected chi connectivity index (χ3v) is 3.20. The minimum Gasteiger partial charge on any atom is -0.390 e. The summed E-state index contributed by atoms with van der Waals surface area (Å²) in [6.45, 7) is 5.94.